The minimum Gasteiger partial charge on any atom is -0.381 e. The molecule has 1 aromatic carbocycles. The molecule has 4 heteroatoms. The molecule has 0 saturated carbocycles. The Bertz CT molecular complexity index is 345. The first-order valence-electron chi connectivity index (χ1n) is 6.06. The van der Waals surface area contributed by atoms with Crippen molar-refractivity contribution in [1.29, 1.82) is 0 Å². The summed E-state index contributed by atoms with van der Waals surface area (Å²) in [6, 6.07) is 8.24. The fourth-order valence-corrected chi connectivity index (χ4v) is 2.49. The molecule has 1 aliphatic rings. The van der Waals surface area contributed by atoms with Gasteiger partial charge in [0.05, 0.1) is 5.54 Å². The van der Waals surface area contributed by atoms with Crippen LogP contribution in [0.3, 0.4) is 0 Å². The Morgan fingerprint density at radius 3 is 2.71 bits per heavy atom. The predicted octanol–water partition coefficient (Wildman–Crippen LogP) is 2.76. The standard InChI is InChI=1S/C13H19BrN2O/c14-11-2-4-12(5-3-11)16-13(10-15)6-1-8-17-9-7-13/h2-5,16H,1,6-10,15H2. The van der Waals surface area contributed by atoms with Crippen LogP contribution in [0.2, 0.25) is 0 Å². The van der Waals surface area contributed by atoms with Gasteiger partial charge in [0, 0.05) is 29.9 Å². The van der Waals surface area contributed by atoms with Crippen LogP contribution in [0.4, 0.5) is 5.69 Å². The number of hydrogen-bond acceptors (Lipinski definition) is 3. The molecule has 3 nitrogen and oxygen atoms in total. The van der Waals surface area contributed by atoms with Crippen LogP contribution in [0.15, 0.2) is 28.7 Å². The van der Waals surface area contributed by atoms with E-state index >= 15 is 0 Å². The lowest BCUT2D eigenvalue weighted by Gasteiger charge is -2.33. The van der Waals surface area contributed by atoms with Crippen molar-refractivity contribution in [2.75, 3.05) is 25.1 Å². The van der Waals surface area contributed by atoms with Gasteiger partial charge in [0.15, 0.2) is 0 Å². The Kier molecular flexibility index (Phi) is 4.42. The Balaban J connectivity index is 2.09. The van der Waals surface area contributed by atoms with E-state index in [0.717, 1.165) is 42.6 Å². The van der Waals surface area contributed by atoms with Gasteiger partial charge >= 0.3 is 0 Å². The quantitative estimate of drug-likeness (QED) is 0.902. The monoisotopic (exact) mass is 298 g/mol. The highest BCUT2D eigenvalue weighted by molar-refractivity contribution is 9.10. The molecule has 1 aliphatic heterocycles. The summed E-state index contributed by atoms with van der Waals surface area (Å²) in [7, 11) is 0. The van der Waals surface area contributed by atoms with E-state index < -0.39 is 0 Å². The largest absolute Gasteiger partial charge is 0.381 e. The maximum atomic E-state index is 5.96. The molecule has 0 aromatic heterocycles. The number of benzene rings is 1. The topological polar surface area (TPSA) is 47.3 Å². The number of nitrogens with two attached hydrogens (primary N) is 1. The van der Waals surface area contributed by atoms with E-state index in [4.69, 9.17) is 10.5 Å². The van der Waals surface area contributed by atoms with Crippen molar-refractivity contribution >= 4 is 21.6 Å². The second kappa shape index (κ2) is 5.85. The molecule has 1 unspecified atom stereocenters. The van der Waals surface area contributed by atoms with Gasteiger partial charge in [-0.25, -0.2) is 0 Å². The molecule has 1 aromatic rings. The third-order valence-electron chi connectivity index (χ3n) is 3.31. The summed E-state index contributed by atoms with van der Waals surface area (Å²) in [6.45, 7) is 2.29. The molecular formula is C13H19BrN2O. The van der Waals surface area contributed by atoms with Crippen LogP contribution in [-0.2, 0) is 4.74 Å². The number of anilines is 1. The van der Waals surface area contributed by atoms with Gasteiger partial charge in [-0.1, -0.05) is 15.9 Å². The third kappa shape index (κ3) is 3.44. The first-order chi connectivity index (χ1) is 8.24. The van der Waals surface area contributed by atoms with Gasteiger partial charge in [-0.05, 0) is 43.5 Å². The molecule has 0 radical (unpaired) electrons. The van der Waals surface area contributed by atoms with Gasteiger partial charge < -0.3 is 15.8 Å². The molecule has 17 heavy (non-hydrogen) atoms. The van der Waals surface area contributed by atoms with Crippen LogP contribution in [-0.4, -0.2) is 25.3 Å². The molecule has 1 atom stereocenters. The van der Waals surface area contributed by atoms with Crippen LogP contribution in [0.5, 0.6) is 0 Å². The summed E-state index contributed by atoms with van der Waals surface area (Å²) in [5.74, 6) is 0. The van der Waals surface area contributed by atoms with Crippen molar-refractivity contribution in [1.82, 2.24) is 0 Å². The summed E-state index contributed by atoms with van der Waals surface area (Å²) in [5, 5.41) is 3.59. The zero-order chi connectivity index (χ0) is 12.1. The van der Waals surface area contributed by atoms with E-state index in [2.05, 4.69) is 33.4 Å². The van der Waals surface area contributed by atoms with Gasteiger partial charge in [0.25, 0.3) is 0 Å². The number of hydrogen-bond donors (Lipinski definition) is 2. The highest BCUT2D eigenvalue weighted by Gasteiger charge is 2.29. The Morgan fingerprint density at radius 2 is 2.00 bits per heavy atom. The second-order valence-electron chi connectivity index (χ2n) is 4.58. The third-order valence-corrected chi connectivity index (χ3v) is 3.84. The molecule has 0 amide bonds. The SMILES string of the molecule is NCC1(Nc2ccc(Br)cc2)CCCOCC1. The average Bonchev–Trinajstić information content (AvgIpc) is 2.58. The van der Waals surface area contributed by atoms with E-state index in [1.807, 2.05) is 12.1 Å². The van der Waals surface area contributed by atoms with E-state index in [-0.39, 0.29) is 5.54 Å². The number of rotatable bonds is 3. The Hall–Kier alpha value is -0.580. The molecular weight excluding hydrogens is 280 g/mol. The summed E-state index contributed by atoms with van der Waals surface area (Å²) in [4.78, 5) is 0. The number of halogens is 1. The minimum atomic E-state index is -0.00959. The second-order valence-corrected chi connectivity index (χ2v) is 5.50. The lowest BCUT2D eigenvalue weighted by Crippen LogP contribution is -2.45. The van der Waals surface area contributed by atoms with Crippen molar-refractivity contribution in [3.8, 4) is 0 Å². The van der Waals surface area contributed by atoms with E-state index in [9.17, 15) is 0 Å². The molecule has 0 spiro atoms. The van der Waals surface area contributed by atoms with Gasteiger partial charge in [-0.2, -0.15) is 0 Å². The highest BCUT2D eigenvalue weighted by atomic mass is 79.9. The molecule has 1 heterocycles. The molecule has 1 fully saturated rings. The minimum absolute atomic E-state index is 0.00959. The van der Waals surface area contributed by atoms with Crippen LogP contribution in [0.1, 0.15) is 19.3 Å². The van der Waals surface area contributed by atoms with Crippen molar-refractivity contribution in [2.45, 2.75) is 24.8 Å². The first kappa shape index (κ1) is 12.9. The summed E-state index contributed by atoms with van der Waals surface area (Å²) in [5.41, 5.74) is 7.07. The summed E-state index contributed by atoms with van der Waals surface area (Å²) in [6.07, 6.45) is 3.11. The van der Waals surface area contributed by atoms with Crippen LogP contribution >= 0.6 is 15.9 Å². The average molecular weight is 299 g/mol. The first-order valence-corrected chi connectivity index (χ1v) is 6.85. The smallest absolute Gasteiger partial charge is 0.0518 e. The van der Waals surface area contributed by atoms with Crippen molar-refractivity contribution in [3.05, 3.63) is 28.7 Å². The summed E-state index contributed by atoms with van der Waals surface area (Å²) >= 11 is 3.44. The van der Waals surface area contributed by atoms with E-state index in [1.54, 1.807) is 0 Å². The van der Waals surface area contributed by atoms with Crippen LogP contribution in [0, 0.1) is 0 Å². The van der Waals surface area contributed by atoms with Crippen LogP contribution in [0.25, 0.3) is 0 Å². The van der Waals surface area contributed by atoms with E-state index in [0.29, 0.717) is 6.54 Å². The van der Waals surface area contributed by atoms with Crippen molar-refractivity contribution in [2.24, 2.45) is 5.73 Å². The fraction of sp³-hybridized carbons (Fsp3) is 0.538. The fourth-order valence-electron chi connectivity index (χ4n) is 2.23. The van der Waals surface area contributed by atoms with Gasteiger partial charge in [-0.15, -0.1) is 0 Å². The maximum Gasteiger partial charge on any atom is 0.0518 e. The molecule has 0 bridgehead atoms. The maximum absolute atomic E-state index is 5.96. The molecule has 1 saturated heterocycles. The number of ether oxygens (including phenoxy) is 1. The van der Waals surface area contributed by atoms with Gasteiger partial charge in [-0.3, -0.25) is 0 Å². The van der Waals surface area contributed by atoms with Gasteiger partial charge in [0.1, 0.15) is 0 Å². The Labute approximate surface area is 111 Å². The van der Waals surface area contributed by atoms with Gasteiger partial charge in [0.2, 0.25) is 0 Å². The molecule has 94 valence electrons. The highest BCUT2D eigenvalue weighted by Crippen LogP contribution is 2.26. The van der Waals surface area contributed by atoms with Crippen molar-refractivity contribution < 1.29 is 4.74 Å². The predicted molar refractivity (Wildman–Crippen MR) is 74.2 cm³/mol. The molecule has 3 N–H and O–H groups in total. The summed E-state index contributed by atoms with van der Waals surface area (Å²) < 4.78 is 6.60. The number of nitrogens with one attached hydrogen (secondary N) is 1. The zero-order valence-corrected chi connectivity index (χ0v) is 11.5. The van der Waals surface area contributed by atoms with Crippen molar-refractivity contribution in [3.63, 3.8) is 0 Å². The van der Waals surface area contributed by atoms with E-state index in [1.165, 1.54) is 0 Å². The Morgan fingerprint density at radius 1 is 1.24 bits per heavy atom. The zero-order valence-electron chi connectivity index (χ0n) is 9.92. The molecule has 0 aliphatic carbocycles. The van der Waals surface area contributed by atoms with Crippen LogP contribution < -0.4 is 11.1 Å². The molecule has 2 rings (SSSR count). The lowest BCUT2D eigenvalue weighted by molar-refractivity contribution is 0.141. The lowest BCUT2D eigenvalue weighted by atomic mass is 9.90. The normalized spacial score (nSPS) is 25.3.